The van der Waals surface area contributed by atoms with Crippen molar-refractivity contribution >= 4 is 11.5 Å². The first-order valence-corrected chi connectivity index (χ1v) is 4.79. The van der Waals surface area contributed by atoms with E-state index in [1.807, 2.05) is 12.1 Å². The average Bonchev–Trinajstić information content (AvgIpc) is 2.53. The van der Waals surface area contributed by atoms with E-state index in [0.29, 0.717) is 18.1 Å². The van der Waals surface area contributed by atoms with Gasteiger partial charge in [0.15, 0.2) is 0 Å². The highest BCUT2D eigenvalue weighted by molar-refractivity contribution is 5.57. The fourth-order valence-electron chi connectivity index (χ4n) is 1.48. The number of benzene rings is 1. The van der Waals surface area contributed by atoms with Gasteiger partial charge < -0.3 is 11.5 Å². The summed E-state index contributed by atoms with van der Waals surface area (Å²) < 4.78 is 1.71. The topological polar surface area (TPSA) is 69.9 Å². The molecule has 1 aromatic carbocycles. The van der Waals surface area contributed by atoms with Crippen LogP contribution in [0.3, 0.4) is 0 Å². The molecule has 2 rings (SSSR count). The first-order chi connectivity index (χ1) is 7.18. The lowest BCUT2D eigenvalue weighted by Gasteiger charge is -2.07. The lowest BCUT2D eigenvalue weighted by molar-refractivity contribution is 0.694. The number of hydrogen-bond acceptors (Lipinski definition) is 3. The predicted octanol–water partition coefficient (Wildman–Crippen LogP) is 1.40. The van der Waals surface area contributed by atoms with Gasteiger partial charge in [-0.25, -0.2) is 4.68 Å². The number of anilines is 2. The Bertz CT molecular complexity index is 473. The van der Waals surface area contributed by atoms with Crippen molar-refractivity contribution < 1.29 is 0 Å². The number of nitrogen functional groups attached to an aromatic ring is 2. The van der Waals surface area contributed by atoms with Gasteiger partial charge in [0, 0.05) is 0 Å². The Kier molecular flexibility index (Phi) is 2.33. The Hall–Kier alpha value is -1.97. The summed E-state index contributed by atoms with van der Waals surface area (Å²) in [5.74, 6) is 0.526. The van der Waals surface area contributed by atoms with Gasteiger partial charge in [0.25, 0.3) is 0 Å². The molecule has 4 nitrogen and oxygen atoms in total. The molecule has 0 atom stereocenters. The second kappa shape index (κ2) is 3.65. The highest BCUT2D eigenvalue weighted by Gasteiger charge is 2.05. The fourth-order valence-corrected chi connectivity index (χ4v) is 1.48. The lowest BCUT2D eigenvalue weighted by atomic mass is 10.1. The molecule has 0 spiro atoms. The van der Waals surface area contributed by atoms with Gasteiger partial charge in [-0.05, 0) is 18.1 Å². The molecule has 0 radical (unpaired) electrons. The molecule has 2 aromatic rings. The monoisotopic (exact) mass is 202 g/mol. The van der Waals surface area contributed by atoms with Crippen molar-refractivity contribution in [2.75, 3.05) is 11.5 Å². The van der Waals surface area contributed by atoms with Crippen LogP contribution in [0.4, 0.5) is 11.5 Å². The molecule has 0 saturated heterocycles. The summed E-state index contributed by atoms with van der Waals surface area (Å²) >= 11 is 0. The van der Waals surface area contributed by atoms with Crippen LogP contribution in [-0.2, 0) is 6.54 Å². The second-order valence-electron chi connectivity index (χ2n) is 3.57. The summed E-state index contributed by atoms with van der Waals surface area (Å²) in [6, 6.07) is 8.15. The van der Waals surface area contributed by atoms with E-state index in [4.69, 9.17) is 11.5 Å². The SMILES string of the molecule is Cc1ccccc1Cn1ncc(N)c1N. The summed E-state index contributed by atoms with van der Waals surface area (Å²) in [4.78, 5) is 0. The van der Waals surface area contributed by atoms with Gasteiger partial charge in [0.2, 0.25) is 0 Å². The molecule has 0 aliphatic rings. The zero-order valence-electron chi connectivity index (χ0n) is 8.64. The van der Waals surface area contributed by atoms with Gasteiger partial charge >= 0.3 is 0 Å². The van der Waals surface area contributed by atoms with Crippen molar-refractivity contribution in [2.24, 2.45) is 0 Å². The van der Waals surface area contributed by atoms with E-state index in [9.17, 15) is 0 Å². The van der Waals surface area contributed by atoms with Crippen LogP contribution < -0.4 is 11.5 Å². The van der Waals surface area contributed by atoms with Gasteiger partial charge in [0.1, 0.15) is 5.82 Å². The lowest BCUT2D eigenvalue weighted by Crippen LogP contribution is -2.07. The van der Waals surface area contributed by atoms with Gasteiger partial charge in [-0.1, -0.05) is 24.3 Å². The van der Waals surface area contributed by atoms with Crippen LogP contribution in [0.1, 0.15) is 11.1 Å². The van der Waals surface area contributed by atoms with Crippen molar-refractivity contribution in [3.8, 4) is 0 Å². The average molecular weight is 202 g/mol. The van der Waals surface area contributed by atoms with Crippen molar-refractivity contribution in [1.82, 2.24) is 9.78 Å². The fraction of sp³-hybridized carbons (Fsp3) is 0.182. The van der Waals surface area contributed by atoms with Crippen LogP contribution in [0, 0.1) is 6.92 Å². The third-order valence-electron chi connectivity index (χ3n) is 2.49. The first-order valence-electron chi connectivity index (χ1n) is 4.79. The number of aryl methyl sites for hydroxylation is 1. The van der Waals surface area contributed by atoms with Crippen LogP contribution >= 0.6 is 0 Å². The third-order valence-corrected chi connectivity index (χ3v) is 2.49. The molecule has 0 fully saturated rings. The minimum absolute atomic E-state index is 0.526. The number of rotatable bonds is 2. The summed E-state index contributed by atoms with van der Waals surface area (Å²) in [7, 11) is 0. The van der Waals surface area contributed by atoms with E-state index in [2.05, 4.69) is 24.2 Å². The summed E-state index contributed by atoms with van der Waals surface area (Å²) in [6.45, 7) is 2.73. The quantitative estimate of drug-likeness (QED) is 0.773. The molecule has 15 heavy (non-hydrogen) atoms. The molecular formula is C11H14N4. The largest absolute Gasteiger partial charge is 0.394 e. The second-order valence-corrected chi connectivity index (χ2v) is 3.57. The highest BCUT2D eigenvalue weighted by atomic mass is 15.3. The molecule has 1 heterocycles. The Balaban J connectivity index is 2.30. The molecule has 0 aliphatic heterocycles. The van der Waals surface area contributed by atoms with Crippen LogP contribution in [0.2, 0.25) is 0 Å². The van der Waals surface area contributed by atoms with E-state index in [1.165, 1.54) is 11.1 Å². The number of hydrogen-bond donors (Lipinski definition) is 2. The summed E-state index contributed by atoms with van der Waals surface area (Å²) in [6.07, 6.45) is 1.58. The normalized spacial score (nSPS) is 10.5. The van der Waals surface area contributed by atoms with Crippen LogP contribution in [0.5, 0.6) is 0 Å². The first kappa shape index (κ1) is 9.58. The minimum Gasteiger partial charge on any atom is -0.394 e. The number of nitrogens with zero attached hydrogens (tertiary/aromatic N) is 2. The van der Waals surface area contributed by atoms with Gasteiger partial charge in [-0.3, -0.25) is 0 Å². The molecule has 0 amide bonds. The van der Waals surface area contributed by atoms with Crippen molar-refractivity contribution in [1.29, 1.82) is 0 Å². The van der Waals surface area contributed by atoms with E-state index in [0.717, 1.165) is 0 Å². The highest BCUT2D eigenvalue weighted by Crippen LogP contribution is 2.16. The zero-order valence-corrected chi connectivity index (χ0v) is 8.64. The maximum Gasteiger partial charge on any atom is 0.145 e. The molecule has 1 aromatic heterocycles. The minimum atomic E-state index is 0.526. The Morgan fingerprint density at radius 3 is 2.60 bits per heavy atom. The van der Waals surface area contributed by atoms with Gasteiger partial charge in [0.05, 0.1) is 18.4 Å². The Morgan fingerprint density at radius 1 is 1.27 bits per heavy atom. The maximum absolute atomic E-state index is 5.78. The molecule has 0 saturated carbocycles. The van der Waals surface area contributed by atoms with Crippen molar-refractivity contribution in [3.63, 3.8) is 0 Å². The zero-order chi connectivity index (χ0) is 10.8. The van der Waals surface area contributed by atoms with Gasteiger partial charge in [-0.2, -0.15) is 5.10 Å². The smallest absolute Gasteiger partial charge is 0.145 e. The Labute approximate surface area is 88.5 Å². The van der Waals surface area contributed by atoms with Gasteiger partial charge in [-0.15, -0.1) is 0 Å². The standard InChI is InChI=1S/C11H14N4/c1-8-4-2-3-5-9(8)7-15-11(13)10(12)6-14-15/h2-6H,7,12-13H2,1H3. The summed E-state index contributed by atoms with van der Waals surface area (Å²) in [5.41, 5.74) is 14.4. The third kappa shape index (κ3) is 1.79. The molecule has 0 bridgehead atoms. The molecule has 0 aliphatic carbocycles. The van der Waals surface area contributed by atoms with E-state index in [1.54, 1.807) is 10.9 Å². The van der Waals surface area contributed by atoms with Crippen molar-refractivity contribution in [2.45, 2.75) is 13.5 Å². The van der Waals surface area contributed by atoms with E-state index in [-0.39, 0.29) is 0 Å². The van der Waals surface area contributed by atoms with E-state index < -0.39 is 0 Å². The predicted molar refractivity (Wildman–Crippen MR) is 61.3 cm³/mol. The maximum atomic E-state index is 5.78. The Morgan fingerprint density at radius 2 is 2.00 bits per heavy atom. The molecule has 78 valence electrons. The van der Waals surface area contributed by atoms with Crippen LogP contribution in [0.25, 0.3) is 0 Å². The molecule has 4 heteroatoms. The number of nitrogens with two attached hydrogens (primary N) is 2. The molecule has 0 unspecified atom stereocenters. The number of aromatic nitrogens is 2. The van der Waals surface area contributed by atoms with Crippen molar-refractivity contribution in [3.05, 3.63) is 41.6 Å². The van der Waals surface area contributed by atoms with Crippen LogP contribution in [-0.4, -0.2) is 9.78 Å². The van der Waals surface area contributed by atoms with E-state index >= 15 is 0 Å². The molecule has 4 N–H and O–H groups in total. The molecular weight excluding hydrogens is 188 g/mol. The summed E-state index contributed by atoms with van der Waals surface area (Å²) in [5, 5.41) is 4.12. The van der Waals surface area contributed by atoms with Crippen LogP contribution in [0.15, 0.2) is 30.5 Å².